The molecule has 0 aliphatic carbocycles. The Bertz CT molecular complexity index is 422. The lowest BCUT2D eigenvalue weighted by Gasteiger charge is -2.05. The van der Waals surface area contributed by atoms with Crippen LogP contribution in [0.5, 0.6) is 0 Å². The highest BCUT2D eigenvalue weighted by atomic mass is 16.4. The average Bonchev–Trinajstić information content (AvgIpc) is 2.73. The number of carbonyl (C=O) groups is 1. The first-order valence-electron chi connectivity index (χ1n) is 13.6. The molecule has 0 amide bonds. The maximum absolute atomic E-state index is 10.4. The largest absolute Gasteiger partial charge is 0.481 e. The summed E-state index contributed by atoms with van der Waals surface area (Å²) >= 11 is 0. The second-order valence-corrected chi connectivity index (χ2v) is 9.73. The molecule has 0 aromatic carbocycles. The van der Waals surface area contributed by atoms with E-state index in [1.807, 2.05) is 0 Å². The van der Waals surface area contributed by atoms with Crippen LogP contribution < -0.4 is 0 Å². The molecule has 0 atom stereocenters. The van der Waals surface area contributed by atoms with Crippen molar-refractivity contribution in [2.45, 2.75) is 149 Å². The lowest BCUT2D eigenvalue weighted by atomic mass is 10.0. The van der Waals surface area contributed by atoms with Crippen LogP contribution in [0.4, 0.5) is 0 Å². The third-order valence-electron chi connectivity index (χ3n) is 6.00. The molecular weight excluding hydrogens is 380 g/mol. The van der Waals surface area contributed by atoms with Gasteiger partial charge in [0.2, 0.25) is 0 Å². The van der Waals surface area contributed by atoms with Crippen molar-refractivity contribution >= 4 is 5.97 Å². The summed E-state index contributed by atoms with van der Waals surface area (Å²) in [4.78, 5) is 10.4. The number of hydrogen-bond donors (Lipinski definition) is 1. The number of aliphatic carboxylic acids is 1. The molecule has 0 heterocycles. The fourth-order valence-electron chi connectivity index (χ4n) is 3.97. The quantitative estimate of drug-likeness (QED) is 0.121. The molecule has 0 saturated heterocycles. The predicted molar refractivity (Wildman–Crippen MR) is 138 cm³/mol. The molecule has 0 bridgehead atoms. The summed E-state index contributed by atoms with van der Waals surface area (Å²) in [5.74, 6) is 0.186. The van der Waals surface area contributed by atoms with E-state index in [2.05, 4.69) is 38.2 Å². The highest BCUT2D eigenvalue weighted by Crippen LogP contribution is 2.15. The van der Waals surface area contributed by atoms with E-state index in [9.17, 15) is 4.79 Å². The van der Waals surface area contributed by atoms with Crippen LogP contribution in [0.15, 0.2) is 24.3 Å². The molecule has 2 heteroatoms. The third-order valence-corrected chi connectivity index (χ3v) is 6.00. The minimum atomic E-state index is -0.694. The normalized spacial score (nSPS) is 12.0. The fraction of sp³-hybridized carbons (Fsp3) is 0.828. The molecule has 0 fully saturated rings. The first-order valence-corrected chi connectivity index (χ1v) is 13.6. The Morgan fingerprint density at radius 3 is 1.32 bits per heavy atom. The van der Waals surface area contributed by atoms with Gasteiger partial charge >= 0.3 is 5.97 Å². The summed E-state index contributed by atoms with van der Waals surface area (Å²) in [6.07, 6.45) is 35.7. The molecule has 0 aliphatic rings. The van der Waals surface area contributed by atoms with E-state index in [4.69, 9.17) is 5.11 Å². The monoisotopic (exact) mass is 434 g/mol. The van der Waals surface area contributed by atoms with Crippen LogP contribution in [0, 0.1) is 5.92 Å². The SMILES string of the molecule is CC(C)CCCCCCCCCCCCCCCCC=CCCC=CCCCC(=O)O. The van der Waals surface area contributed by atoms with Crippen molar-refractivity contribution in [1.29, 1.82) is 0 Å². The predicted octanol–water partition coefficient (Wildman–Crippen LogP) is 10.0. The molecule has 1 N–H and O–H groups in total. The molecule has 2 nitrogen and oxygen atoms in total. The second kappa shape index (κ2) is 25.2. The second-order valence-electron chi connectivity index (χ2n) is 9.73. The van der Waals surface area contributed by atoms with Gasteiger partial charge in [-0.3, -0.25) is 4.79 Å². The molecule has 0 radical (unpaired) electrons. The van der Waals surface area contributed by atoms with Crippen LogP contribution in [-0.4, -0.2) is 11.1 Å². The van der Waals surface area contributed by atoms with Gasteiger partial charge in [-0.25, -0.2) is 0 Å². The van der Waals surface area contributed by atoms with E-state index in [1.165, 1.54) is 103 Å². The molecule has 0 spiro atoms. The lowest BCUT2D eigenvalue weighted by molar-refractivity contribution is -0.137. The van der Waals surface area contributed by atoms with Crippen molar-refractivity contribution in [1.82, 2.24) is 0 Å². The molecule has 0 unspecified atom stereocenters. The smallest absolute Gasteiger partial charge is 0.303 e. The molecule has 0 rings (SSSR count). The van der Waals surface area contributed by atoms with Gasteiger partial charge in [0.25, 0.3) is 0 Å². The standard InChI is InChI=1S/C29H54O2/c1-28(2)26-24-22-20-18-16-14-12-10-8-6-4-3-5-7-9-11-13-15-17-19-21-23-25-27-29(30)31/h11,13,19,21,28H,3-10,12,14-18,20,22-27H2,1-2H3,(H,30,31). The zero-order valence-corrected chi connectivity index (χ0v) is 21.1. The van der Waals surface area contributed by atoms with Crippen molar-refractivity contribution < 1.29 is 9.90 Å². The molecule has 0 saturated carbocycles. The van der Waals surface area contributed by atoms with Crippen LogP contribution in [0.3, 0.4) is 0 Å². The van der Waals surface area contributed by atoms with Crippen molar-refractivity contribution in [2.24, 2.45) is 5.92 Å². The van der Waals surface area contributed by atoms with E-state index in [0.717, 1.165) is 31.6 Å². The number of carboxylic acids is 1. The number of allylic oxidation sites excluding steroid dienone is 4. The summed E-state index contributed by atoms with van der Waals surface area (Å²) < 4.78 is 0. The van der Waals surface area contributed by atoms with Gasteiger partial charge in [0.1, 0.15) is 0 Å². The number of rotatable bonds is 24. The maximum atomic E-state index is 10.4. The van der Waals surface area contributed by atoms with E-state index in [-0.39, 0.29) is 6.42 Å². The average molecular weight is 435 g/mol. The van der Waals surface area contributed by atoms with E-state index in [1.54, 1.807) is 0 Å². The number of hydrogen-bond acceptors (Lipinski definition) is 1. The Hall–Kier alpha value is -1.05. The van der Waals surface area contributed by atoms with Crippen LogP contribution in [0.1, 0.15) is 149 Å². The summed E-state index contributed by atoms with van der Waals surface area (Å²) in [6.45, 7) is 4.66. The van der Waals surface area contributed by atoms with Crippen LogP contribution in [-0.2, 0) is 4.79 Å². The molecule has 0 aliphatic heterocycles. The van der Waals surface area contributed by atoms with Crippen molar-refractivity contribution in [3.63, 3.8) is 0 Å². The summed E-state index contributed by atoms with van der Waals surface area (Å²) in [7, 11) is 0. The molecule has 31 heavy (non-hydrogen) atoms. The summed E-state index contributed by atoms with van der Waals surface area (Å²) in [6, 6.07) is 0. The molecular formula is C29H54O2. The number of carboxylic acid groups (broad SMARTS) is 1. The Kier molecular flexibility index (Phi) is 24.4. The topological polar surface area (TPSA) is 37.3 Å². The Morgan fingerprint density at radius 2 is 0.903 bits per heavy atom. The Balaban J connectivity index is 3.14. The van der Waals surface area contributed by atoms with E-state index < -0.39 is 5.97 Å². The Labute approximate surface area is 195 Å². The zero-order valence-electron chi connectivity index (χ0n) is 21.1. The van der Waals surface area contributed by atoms with Gasteiger partial charge in [-0.1, -0.05) is 128 Å². The van der Waals surface area contributed by atoms with Crippen LogP contribution >= 0.6 is 0 Å². The maximum Gasteiger partial charge on any atom is 0.303 e. The van der Waals surface area contributed by atoms with Gasteiger partial charge in [0, 0.05) is 6.42 Å². The van der Waals surface area contributed by atoms with Crippen LogP contribution in [0.2, 0.25) is 0 Å². The van der Waals surface area contributed by atoms with Crippen molar-refractivity contribution in [2.75, 3.05) is 0 Å². The van der Waals surface area contributed by atoms with Gasteiger partial charge in [-0.15, -0.1) is 0 Å². The van der Waals surface area contributed by atoms with Gasteiger partial charge in [-0.05, 0) is 44.4 Å². The molecule has 0 aromatic rings. The van der Waals surface area contributed by atoms with Gasteiger partial charge in [-0.2, -0.15) is 0 Å². The first kappa shape index (κ1) is 29.9. The first-order chi connectivity index (χ1) is 15.1. The van der Waals surface area contributed by atoms with Gasteiger partial charge in [0.05, 0.1) is 0 Å². The highest BCUT2D eigenvalue weighted by molar-refractivity contribution is 5.66. The van der Waals surface area contributed by atoms with Gasteiger partial charge in [0.15, 0.2) is 0 Å². The number of unbranched alkanes of at least 4 members (excludes halogenated alkanes) is 16. The lowest BCUT2D eigenvalue weighted by Crippen LogP contribution is -1.92. The Morgan fingerprint density at radius 1 is 0.548 bits per heavy atom. The van der Waals surface area contributed by atoms with E-state index in [0.29, 0.717) is 0 Å². The van der Waals surface area contributed by atoms with Gasteiger partial charge < -0.3 is 5.11 Å². The summed E-state index contributed by atoms with van der Waals surface area (Å²) in [5, 5.41) is 8.57. The molecule has 0 aromatic heterocycles. The van der Waals surface area contributed by atoms with Crippen molar-refractivity contribution in [3.8, 4) is 0 Å². The van der Waals surface area contributed by atoms with Crippen molar-refractivity contribution in [3.05, 3.63) is 24.3 Å². The minimum absolute atomic E-state index is 0.281. The fourth-order valence-corrected chi connectivity index (χ4v) is 3.97. The minimum Gasteiger partial charge on any atom is -0.481 e. The summed E-state index contributed by atoms with van der Waals surface area (Å²) in [5.41, 5.74) is 0. The van der Waals surface area contributed by atoms with Crippen LogP contribution in [0.25, 0.3) is 0 Å². The molecule has 182 valence electrons. The van der Waals surface area contributed by atoms with E-state index >= 15 is 0 Å². The highest BCUT2D eigenvalue weighted by Gasteiger charge is 1.96. The third kappa shape index (κ3) is 28.9. The zero-order chi connectivity index (χ0) is 22.8.